The Hall–Kier alpha value is -1.76. The molecule has 1 aromatic heterocycles. The zero-order valence-electron chi connectivity index (χ0n) is 16.1. The number of anilines is 1. The molecule has 0 atom stereocenters. The molecule has 160 valence electrons. The Morgan fingerprint density at radius 3 is 2.38 bits per heavy atom. The lowest BCUT2D eigenvalue weighted by atomic mass is 10.2. The first-order chi connectivity index (χ1) is 13.4. The second kappa shape index (κ2) is 10.3. The number of halogens is 4. The van der Waals surface area contributed by atoms with Crippen molar-refractivity contribution >= 4 is 47.0 Å². The van der Waals surface area contributed by atoms with Crippen molar-refractivity contribution in [2.45, 2.75) is 12.7 Å². The molecule has 1 saturated heterocycles. The Kier molecular flexibility index (Phi) is 8.37. The summed E-state index contributed by atoms with van der Waals surface area (Å²) in [5, 5.41) is 4.53. The van der Waals surface area contributed by atoms with Gasteiger partial charge in [-0.2, -0.15) is 13.2 Å². The van der Waals surface area contributed by atoms with Gasteiger partial charge in [-0.25, -0.2) is 4.98 Å². The number of hydrogen-bond acceptors (Lipinski definition) is 5. The van der Waals surface area contributed by atoms with Crippen LogP contribution in [0.15, 0.2) is 34.6 Å². The molecule has 29 heavy (non-hydrogen) atoms. The maximum atomic E-state index is 12.7. The molecule has 0 amide bonds. The molecule has 0 radical (unpaired) electrons. The number of alkyl halides is 3. The smallest absolute Gasteiger partial charge is 0.434 e. The van der Waals surface area contributed by atoms with Gasteiger partial charge >= 0.3 is 6.18 Å². The third kappa shape index (κ3) is 6.11. The van der Waals surface area contributed by atoms with Gasteiger partial charge in [-0.15, -0.1) is 35.3 Å². The second-order valence-corrected chi connectivity index (χ2v) is 7.14. The van der Waals surface area contributed by atoms with Crippen LogP contribution in [0, 0.1) is 0 Å². The van der Waals surface area contributed by atoms with E-state index in [1.165, 1.54) is 0 Å². The fraction of sp³-hybridized carbons (Fsp3) is 0.444. The van der Waals surface area contributed by atoms with Gasteiger partial charge in [-0.1, -0.05) is 0 Å². The molecule has 1 N–H and O–H groups in total. The predicted molar refractivity (Wildman–Crippen MR) is 120 cm³/mol. The average Bonchev–Trinajstić information content (AvgIpc) is 3.19. The molecule has 0 bridgehead atoms. The van der Waals surface area contributed by atoms with Crippen molar-refractivity contribution in [1.82, 2.24) is 15.2 Å². The van der Waals surface area contributed by atoms with E-state index in [4.69, 9.17) is 4.74 Å². The molecule has 2 heterocycles. The van der Waals surface area contributed by atoms with Crippen LogP contribution in [0.1, 0.15) is 10.7 Å². The fourth-order valence-electron chi connectivity index (χ4n) is 2.98. The Balaban J connectivity index is 0.00000300. The number of ether oxygens (including phenoxy) is 1. The van der Waals surface area contributed by atoms with E-state index in [2.05, 4.69) is 25.1 Å². The molecular weight excluding hydrogens is 518 g/mol. The van der Waals surface area contributed by atoms with Gasteiger partial charge in [0.1, 0.15) is 10.8 Å². The second-order valence-electron chi connectivity index (χ2n) is 6.20. The van der Waals surface area contributed by atoms with Crippen molar-refractivity contribution in [2.24, 2.45) is 4.99 Å². The summed E-state index contributed by atoms with van der Waals surface area (Å²) in [6.07, 6.45) is -4.41. The molecule has 0 saturated carbocycles. The Morgan fingerprint density at radius 1 is 1.21 bits per heavy atom. The van der Waals surface area contributed by atoms with Crippen molar-refractivity contribution in [2.75, 3.05) is 45.2 Å². The predicted octanol–water partition coefficient (Wildman–Crippen LogP) is 3.69. The molecule has 0 spiro atoms. The minimum absolute atomic E-state index is 0. The SMILES string of the molecule is CN=C(NCc1nc(C(F)(F)F)cs1)N1CCN(c2ccc(OC)cc2)CC1.I. The number of nitrogens with one attached hydrogen (secondary N) is 1. The summed E-state index contributed by atoms with van der Waals surface area (Å²) in [7, 11) is 3.31. The van der Waals surface area contributed by atoms with Gasteiger partial charge in [-0.3, -0.25) is 4.99 Å². The zero-order valence-corrected chi connectivity index (χ0v) is 19.2. The molecule has 1 aliphatic heterocycles. The van der Waals surface area contributed by atoms with E-state index in [1.807, 2.05) is 24.3 Å². The van der Waals surface area contributed by atoms with E-state index in [9.17, 15) is 13.2 Å². The van der Waals surface area contributed by atoms with Crippen LogP contribution in [0.5, 0.6) is 5.75 Å². The van der Waals surface area contributed by atoms with Crippen molar-refractivity contribution < 1.29 is 17.9 Å². The first-order valence-corrected chi connectivity index (χ1v) is 9.65. The third-order valence-electron chi connectivity index (χ3n) is 4.47. The van der Waals surface area contributed by atoms with Crippen LogP contribution in [0.25, 0.3) is 0 Å². The number of aromatic nitrogens is 1. The number of hydrogen-bond donors (Lipinski definition) is 1. The molecular formula is C18H23F3IN5OS. The van der Waals surface area contributed by atoms with E-state index >= 15 is 0 Å². The van der Waals surface area contributed by atoms with Crippen LogP contribution >= 0.6 is 35.3 Å². The van der Waals surface area contributed by atoms with Crippen molar-refractivity contribution in [1.29, 1.82) is 0 Å². The van der Waals surface area contributed by atoms with Gasteiger partial charge in [0.25, 0.3) is 0 Å². The summed E-state index contributed by atoms with van der Waals surface area (Å²) < 4.78 is 43.2. The molecule has 2 aromatic rings. The van der Waals surface area contributed by atoms with Gasteiger partial charge in [0.15, 0.2) is 11.7 Å². The third-order valence-corrected chi connectivity index (χ3v) is 5.32. The maximum Gasteiger partial charge on any atom is 0.434 e. The number of methoxy groups -OCH3 is 1. The summed E-state index contributed by atoms with van der Waals surface area (Å²) >= 11 is 0.991. The van der Waals surface area contributed by atoms with Gasteiger partial charge < -0.3 is 19.9 Å². The lowest BCUT2D eigenvalue weighted by molar-refractivity contribution is -0.140. The van der Waals surface area contributed by atoms with Crippen LogP contribution < -0.4 is 15.0 Å². The van der Waals surface area contributed by atoms with Crippen molar-refractivity contribution in [3.8, 4) is 5.75 Å². The van der Waals surface area contributed by atoms with E-state index in [-0.39, 0.29) is 30.5 Å². The summed E-state index contributed by atoms with van der Waals surface area (Å²) in [4.78, 5) is 12.3. The molecule has 0 unspecified atom stereocenters. The first kappa shape index (κ1) is 23.5. The monoisotopic (exact) mass is 541 g/mol. The standard InChI is InChI=1S/C18H22F3N5OS.HI/c1-22-17(23-11-16-24-15(12-28-16)18(19,20)21)26-9-7-25(8-10-26)13-3-5-14(27-2)6-4-13;/h3-6,12H,7-11H2,1-2H3,(H,22,23);1H. The molecule has 1 aromatic carbocycles. The van der Waals surface area contributed by atoms with Crippen molar-refractivity contribution in [3.63, 3.8) is 0 Å². The number of nitrogens with zero attached hydrogens (tertiary/aromatic N) is 4. The van der Waals surface area contributed by atoms with Gasteiger partial charge in [0.05, 0.1) is 13.7 Å². The molecule has 0 aliphatic carbocycles. The fourth-order valence-corrected chi connectivity index (χ4v) is 3.72. The first-order valence-electron chi connectivity index (χ1n) is 8.77. The lowest BCUT2D eigenvalue weighted by Crippen LogP contribution is -2.52. The van der Waals surface area contributed by atoms with Gasteiger partial charge in [0.2, 0.25) is 0 Å². The minimum atomic E-state index is -4.41. The summed E-state index contributed by atoms with van der Waals surface area (Å²) in [5.74, 6) is 1.49. The highest BCUT2D eigenvalue weighted by atomic mass is 127. The summed E-state index contributed by atoms with van der Waals surface area (Å²) in [6, 6.07) is 7.93. The Morgan fingerprint density at radius 2 is 1.86 bits per heavy atom. The molecule has 1 fully saturated rings. The van der Waals surface area contributed by atoms with Crippen LogP contribution in [0.4, 0.5) is 18.9 Å². The van der Waals surface area contributed by atoms with Crippen LogP contribution in [-0.4, -0.2) is 56.2 Å². The van der Waals surface area contributed by atoms with Gasteiger partial charge in [-0.05, 0) is 24.3 Å². The minimum Gasteiger partial charge on any atom is -0.497 e. The Labute approximate surface area is 188 Å². The molecule has 6 nitrogen and oxygen atoms in total. The number of rotatable bonds is 4. The maximum absolute atomic E-state index is 12.7. The number of guanidine groups is 1. The number of aliphatic imine (C=N–C) groups is 1. The van der Waals surface area contributed by atoms with Crippen LogP contribution in [0.3, 0.4) is 0 Å². The number of piperazine rings is 1. The largest absolute Gasteiger partial charge is 0.497 e. The average molecular weight is 541 g/mol. The van der Waals surface area contributed by atoms with Crippen molar-refractivity contribution in [3.05, 3.63) is 40.3 Å². The Bertz CT molecular complexity index is 805. The highest BCUT2D eigenvalue weighted by Gasteiger charge is 2.33. The number of thiazole rings is 1. The van der Waals surface area contributed by atoms with Gasteiger partial charge in [0, 0.05) is 44.3 Å². The molecule has 1 aliphatic rings. The summed E-state index contributed by atoms with van der Waals surface area (Å²) in [6.45, 7) is 3.38. The van der Waals surface area contributed by atoms with Crippen LogP contribution in [-0.2, 0) is 12.7 Å². The quantitative estimate of drug-likeness (QED) is 0.364. The normalized spacial score (nSPS) is 15.1. The topological polar surface area (TPSA) is 53.0 Å². The van der Waals surface area contributed by atoms with E-state index < -0.39 is 11.9 Å². The van der Waals surface area contributed by atoms with E-state index in [0.717, 1.165) is 54.3 Å². The van der Waals surface area contributed by atoms with Crippen LogP contribution in [0.2, 0.25) is 0 Å². The summed E-state index contributed by atoms with van der Waals surface area (Å²) in [5.41, 5.74) is 0.281. The molecule has 3 rings (SSSR count). The molecule has 11 heteroatoms. The number of benzene rings is 1. The lowest BCUT2D eigenvalue weighted by Gasteiger charge is -2.37. The highest BCUT2D eigenvalue weighted by Crippen LogP contribution is 2.30. The highest BCUT2D eigenvalue weighted by molar-refractivity contribution is 14.0. The van der Waals surface area contributed by atoms with E-state index in [1.54, 1.807) is 14.2 Å². The zero-order chi connectivity index (χ0) is 20.1. The van der Waals surface area contributed by atoms with E-state index in [0.29, 0.717) is 11.0 Å².